The Hall–Kier alpha value is -1.77. The van der Waals surface area contributed by atoms with Crippen LogP contribution in [-0.4, -0.2) is 33.4 Å². The zero-order valence-electron chi connectivity index (χ0n) is 11.4. The van der Waals surface area contributed by atoms with Crippen molar-refractivity contribution in [2.75, 3.05) is 21.3 Å². The summed E-state index contributed by atoms with van der Waals surface area (Å²) in [4.78, 5) is 0. The third kappa shape index (κ3) is 3.12. The van der Waals surface area contributed by atoms with Gasteiger partial charge in [-0.25, -0.2) is 0 Å². The minimum absolute atomic E-state index is 0.0614. The van der Waals surface area contributed by atoms with Crippen LogP contribution in [0, 0.1) is 0 Å². The van der Waals surface area contributed by atoms with E-state index in [4.69, 9.17) is 19.9 Å². The van der Waals surface area contributed by atoms with Crippen molar-refractivity contribution in [3.05, 3.63) is 17.7 Å². The van der Waals surface area contributed by atoms with Gasteiger partial charge in [-0.2, -0.15) is 22.0 Å². The molecular formula is C12H14F5NO3. The van der Waals surface area contributed by atoms with Gasteiger partial charge in [-0.05, 0) is 17.7 Å². The molecule has 0 fully saturated rings. The molecule has 0 aliphatic carbocycles. The van der Waals surface area contributed by atoms with Gasteiger partial charge in [0.2, 0.25) is 5.75 Å². The molecule has 0 amide bonds. The SMILES string of the molecule is COc1cc([C@@H](N)C(F)(F)C(F)(F)F)cc(OC)c1OC. The van der Waals surface area contributed by atoms with E-state index in [0.717, 1.165) is 12.1 Å². The zero-order chi connectivity index (χ0) is 16.4. The number of benzene rings is 1. The van der Waals surface area contributed by atoms with Crippen molar-refractivity contribution in [2.24, 2.45) is 5.73 Å². The molecule has 1 aromatic rings. The lowest BCUT2D eigenvalue weighted by molar-refractivity contribution is -0.291. The summed E-state index contributed by atoms with van der Waals surface area (Å²) in [5.74, 6) is -5.18. The zero-order valence-corrected chi connectivity index (χ0v) is 11.4. The van der Waals surface area contributed by atoms with E-state index >= 15 is 0 Å². The molecule has 0 saturated heterocycles. The van der Waals surface area contributed by atoms with Crippen LogP contribution in [0.15, 0.2) is 12.1 Å². The molecule has 9 heteroatoms. The predicted molar refractivity (Wildman–Crippen MR) is 64.0 cm³/mol. The lowest BCUT2D eigenvalue weighted by atomic mass is 10.00. The summed E-state index contributed by atoms with van der Waals surface area (Å²) < 4.78 is 78.4. The Balaban J connectivity index is 3.38. The van der Waals surface area contributed by atoms with Gasteiger partial charge >= 0.3 is 12.1 Å². The van der Waals surface area contributed by atoms with Crippen LogP contribution in [0.25, 0.3) is 0 Å². The number of ether oxygens (including phenoxy) is 3. The molecule has 1 rings (SSSR count). The summed E-state index contributed by atoms with van der Waals surface area (Å²) >= 11 is 0. The first-order valence-electron chi connectivity index (χ1n) is 5.60. The maximum atomic E-state index is 13.3. The Morgan fingerprint density at radius 1 is 0.905 bits per heavy atom. The van der Waals surface area contributed by atoms with Crippen LogP contribution in [0.3, 0.4) is 0 Å². The van der Waals surface area contributed by atoms with Gasteiger partial charge in [-0.15, -0.1) is 0 Å². The molecule has 0 aliphatic rings. The third-order valence-electron chi connectivity index (χ3n) is 2.81. The number of hydrogen-bond acceptors (Lipinski definition) is 4. The quantitative estimate of drug-likeness (QED) is 0.849. The standard InChI is InChI=1S/C12H14F5NO3/c1-19-7-4-6(5-8(20-2)9(7)21-3)10(18)11(13,14)12(15,16)17/h4-5,10H,18H2,1-3H3/t10-/m1/s1. The number of nitrogens with two attached hydrogens (primary N) is 1. The van der Waals surface area contributed by atoms with E-state index in [1.165, 1.54) is 21.3 Å². The van der Waals surface area contributed by atoms with Crippen LogP contribution in [0.1, 0.15) is 11.6 Å². The number of halogens is 5. The number of alkyl halides is 5. The lowest BCUT2D eigenvalue weighted by Gasteiger charge is -2.26. The molecule has 2 N–H and O–H groups in total. The van der Waals surface area contributed by atoms with E-state index in [1.54, 1.807) is 0 Å². The summed E-state index contributed by atoms with van der Waals surface area (Å²) in [6.45, 7) is 0. The van der Waals surface area contributed by atoms with E-state index in [0.29, 0.717) is 0 Å². The average molecular weight is 315 g/mol. The van der Waals surface area contributed by atoms with Crippen LogP contribution in [0.2, 0.25) is 0 Å². The second-order valence-electron chi connectivity index (χ2n) is 4.06. The van der Waals surface area contributed by atoms with E-state index in [-0.39, 0.29) is 17.2 Å². The van der Waals surface area contributed by atoms with Crippen LogP contribution in [0.5, 0.6) is 17.2 Å². The molecule has 0 spiro atoms. The smallest absolute Gasteiger partial charge is 0.455 e. The molecule has 0 unspecified atom stereocenters. The molecule has 21 heavy (non-hydrogen) atoms. The Morgan fingerprint density at radius 3 is 1.62 bits per heavy atom. The van der Waals surface area contributed by atoms with Crippen molar-refractivity contribution >= 4 is 0 Å². The fraction of sp³-hybridized carbons (Fsp3) is 0.500. The molecule has 1 aromatic carbocycles. The minimum Gasteiger partial charge on any atom is -0.493 e. The topological polar surface area (TPSA) is 53.7 Å². The van der Waals surface area contributed by atoms with Crippen molar-refractivity contribution < 1.29 is 36.2 Å². The van der Waals surface area contributed by atoms with Gasteiger partial charge in [0.15, 0.2) is 11.5 Å². The fourth-order valence-corrected chi connectivity index (χ4v) is 1.67. The summed E-state index contributed by atoms with van der Waals surface area (Å²) in [6, 6.07) is -0.705. The fourth-order valence-electron chi connectivity index (χ4n) is 1.67. The van der Waals surface area contributed by atoms with Gasteiger partial charge in [-0.3, -0.25) is 0 Å². The van der Waals surface area contributed by atoms with Gasteiger partial charge in [0.05, 0.1) is 21.3 Å². The van der Waals surface area contributed by atoms with Crippen LogP contribution in [-0.2, 0) is 0 Å². The van der Waals surface area contributed by atoms with Gasteiger partial charge in [0.1, 0.15) is 6.04 Å². The molecule has 0 bridgehead atoms. The van der Waals surface area contributed by atoms with E-state index in [1.807, 2.05) is 0 Å². The first-order valence-corrected chi connectivity index (χ1v) is 5.60. The van der Waals surface area contributed by atoms with Crippen LogP contribution in [0.4, 0.5) is 22.0 Å². The second kappa shape index (κ2) is 5.92. The Morgan fingerprint density at radius 2 is 1.33 bits per heavy atom. The van der Waals surface area contributed by atoms with Crippen LogP contribution >= 0.6 is 0 Å². The number of hydrogen-bond donors (Lipinski definition) is 1. The van der Waals surface area contributed by atoms with E-state index in [9.17, 15) is 22.0 Å². The lowest BCUT2D eigenvalue weighted by Crippen LogP contribution is -2.45. The number of rotatable bonds is 5. The van der Waals surface area contributed by atoms with Crippen LogP contribution < -0.4 is 19.9 Å². The van der Waals surface area contributed by atoms with E-state index < -0.39 is 23.7 Å². The first-order chi connectivity index (χ1) is 9.60. The van der Waals surface area contributed by atoms with Gasteiger partial charge in [0.25, 0.3) is 0 Å². The predicted octanol–water partition coefficient (Wildman–Crippen LogP) is 2.91. The number of methoxy groups -OCH3 is 3. The Kier molecular flexibility index (Phi) is 4.87. The normalized spacial score (nSPS) is 13.8. The second-order valence-corrected chi connectivity index (χ2v) is 4.06. The van der Waals surface area contributed by atoms with Gasteiger partial charge < -0.3 is 19.9 Å². The Labute approximate surface area is 117 Å². The summed E-state index contributed by atoms with van der Waals surface area (Å²) in [6.07, 6.45) is -5.77. The molecule has 0 heterocycles. The molecule has 0 saturated carbocycles. The largest absolute Gasteiger partial charge is 0.493 e. The third-order valence-corrected chi connectivity index (χ3v) is 2.81. The maximum Gasteiger partial charge on any atom is 0.455 e. The van der Waals surface area contributed by atoms with Crippen molar-refractivity contribution in [2.45, 2.75) is 18.1 Å². The molecule has 0 radical (unpaired) electrons. The minimum atomic E-state index is -5.77. The molecule has 4 nitrogen and oxygen atoms in total. The average Bonchev–Trinajstić information content (AvgIpc) is 2.43. The highest BCUT2D eigenvalue weighted by Crippen LogP contribution is 2.46. The molecule has 120 valence electrons. The Bertz CT molecular complexity index is 479. The maximum absolute atomic E-state index is 13.3. The van der Waals surface area contributed by atoms with Crippen molar-refractivity contribution in [3.8, 4) is 17.2 Å². The van der Waals surface area contributed by atoms with Gasteiger partial charge in [-0.1, -0.05) is 0 Å². The monoisotopic (exact) mass is 315 g/mol. The molecule has 0 aliphatic heterocycles. The summed E-state index contributed by atoms with van der Waals surface area (Å²) in [7, 11) is 3.67. The summed E-state index contributed by atoms with van der Waals surface area (Å²) in [5.41, 5.74) is 4.58. The highest BCUT2D eigenvalue weighted by atomic mass is 19.4. The van der Waals surface area contributed by atoms with Crippen molar-refractivity contribution in [1.82, 2.24) is 0 Å². The molecule has 0 aromatic heterocycles. The van der Waals surface area contributed by atoms with Crippen molar-refractivity contribution in [1.29, 1.82) is 0 Å². The molecular weight excluding hydrogens is 301 g/mol. The highest BCUT2D eigenvalue weighted by molar-refractivity contribution is 5.54. The molecule has 1 atom stereocenters. The van der Waals surface area contributed by atoms with E-state index in [2.05, 4.69) is 0 Å². The highest BCUT2D eigenvalue weighted by Gasteiger charge is 2.61. The first kappa shape index (κ1) is 17.3. The van der Waals surface area contributed by atoms with Crippen molar-refractivity contribution in [3.63, 3.8) is 0 Å². The summed E-state index contributed by atoms with van der Waals surface area (Å²) in [5, 5.41) is 0. The van der Waals surface area contributed by atoms with Gasteiger partial charge in [0, 0.05) is 0 Å².